The van der Waals surface area contributed by atoms with Crippen molar-refractivity contribution in [2.75, 3.05) is 50.4 Å². The highest BCUT2D eigenvalue weighted by Gasteiger charge is 2.21. The zero-order chi connectivity index (χ0) is 24.4. The number of nitrogens with zero attached hydrogens (tertiary/aromatic N) is 6. The van der Waals surface area contributed by atoms with Crippen LogP contribution >= 0.6 is 11.6 Å². The lowest BCUT2D eigenvalue weighted by molar-refractivity contribution is 0.312. The lowest BCUT2D eigenvalue weighted by atomic mass is 9.95. The molecule has 2 aliphatic heterocycles. The number of fused-ring (bicyclic) bond motifs is 1. The first-order chi connectivity index (χ1) is 17.0. The number of allylic oxidation sites excluding steroid dienone is 1. The van der Waals surface area contributed by atoms with E-state index in [9.17, 15) is 4.79 Å². The normalized spacial score (nSPS) is 16.1. The number of anilines is 2. The highest BCUT2D eigenvalue weighted by atomic mass is 35.5. The van der Waals surface area contributed by atoms with Crippen molar-refractivity contribution >= 4 is 29.3 Å². The maximum Gasteiger partial charge on any atom is 0.222 e. The van der Waals surface area contributed by atoms with Crippen LogP contribution in [-0.4, -0.2) is 70.5 Å². The lowest BCUT2D eigenvalue weighted by Crippen LogP contribution is -2.44. The van der Waals surface area contributed by atoms with E-state index in [2.05, 4.69) is 60.8 Å². The maximum atomic E-state index is 11.8. The Labute approximate surface area is 210 Å². The minimum atomic E-state index is 0.276. The molecule has 5 rings (SSSR count). The zero-order valence-electron chi connectivity index (χ0n) is 19.7. The molecule has 3 aromatic rings. The fourth-order valence-electron chi connectivity index (χ4n) is 4.66. The summed E-state index contributed by atoms with van der Waals surface area (Å²) in [5, 5.41) is 0.436. The number of hydrogen-bond donors (Lipinski definition) is 1. The zero-order valence-corrected chi connectivity index (χ0v) is 20.5. The Bertz CT molecular complexity index is 1270. The smallest absolute Gasteiger partial charge is 0.222 e. The molecule has 0 unspecified atom stereocenters. The highest BCUT2D eigenvalue weighted by Crippen LogP contribution is 2.29. The minimum Gasteiger partial charge on any atom is -0.368 e. The molecule has 0 amide bonds. The van der Waals surface area contributed by atoms with Gasteiger partial charge in [0.25, 0.3) is 0 Å². The molecule has 1 saturated heterocycles. The van der Waals surface area contributed by atoms with Gasteiger partial charge in [-0.25, -0.2) is 14.8 Å². The predicted octanol–water partition coefficient (Wildman–Crippen LogP) is 2.84. The van der Waals surface area contributed by atoms with Gasteiger partial charge in [0.15, 0.2) is 0 Å². The van der Waals surface area contributed by atoms with Gasteiger partial charge in [-0.1, -0.05) is 29.8 Å². The van der Waals surface area contributed by atoms with Gasteiger partial charge in [0, 0.05) is 63.5 Å². The summed E-state index contributed by atoms with van der Waals surface area (Å²) in [4.78, 5) is 31.6. The molecule has 8 nitrogen and oxygen atoms in total. The second kappa shape index (κ2) is 10.0. The molecule has 4 heterocycles. The average Bonchev–Trinajstić information content (AvgIpc) is 2.88. The Morgan fingerprint density at radius 3 is 2.63 bits per heavy atom. The first-order valence-corrected chi connectivity index (χ1v) is 12.2. The molecule has 0 saturated carbocycles. The topological polar surface area (TPSA) is 91.5 Å². The van der Waals surface area contributed by atoms with Gasteiger partial charge in [-0.15, -0.1) is 0 Å². The van der Waals surface area contributed by atoms with E-state index < -0.39 is 0 Å². The Kier molecular flexibility index (Phi) is 6.68. The second-order valence-corrected chi connectivity index (χ2v) is 9.52. The van der Waals surface area contributed by atoms with E-state index >= 15 is 0 Å². The van der Waals surface area contributed by atoms with E-state index in [1.165, 1.54) is 11.1 Å². The number of pyridine rings is 1. The summed E-state index contributed by atoms with van der Waals surface area (Å²) in [6, 6.07) is 12.1. The third-order valence-corrected chi connectivity index (χ3v) is 6.95. The highest BCUT2D eigenvalue weighted by molar-refractivity contribution is 6.29. The van der Waals surface area contributed by atoms with Crippen molar-refractivity contribution in [3.63, 3.8) is 0 Å². The number of halogens is 1. The van der Waals surface area contributed by atoms with E-state index in [0.29, 0.717) is 23.8 Å². The van der Waals surface area contributed by atoms with E-state index in [0.717, 1.165) is 61.8 Å². The number of carbonyl (C=O) groups excluding carboxylic acids is 1. The lowest BCUT2D eigenvalue weighted by Gasteiger charge is -2.33. The largest absolute Gasteiger partial charge is 0.368 e. The Morgan fingerprint density at radius 1 is 1.06 bits per heavy atom. The SMILES string of the molecule is CN1CCN(c2cc(-c3ccc4c(c3)CN(C(=C=O)Cc3ccc(Cl)nc3)CC4)nc(N)n2)CC1. The summed E-state index contributed by atoms with van der Waals surface area (Å²) in [5.74, 6) is 3.29. The molecule has 2 aliphatic rings. The van der Waals surface area contributed by atoms with Crippen molar-refractivity contribution < 1.29 is 4.79 Å². The Hall–Kier alpha value is -3.45. The molecule has 1 fully saturated rings. The van der Waals surface area contributed by atoms with Crippen LogP contribution in [0.1, 0.15) is 16.7 Å². The number of aromatic nitrogens is 3. The van der Waals surface area contributed by atoms with Crippen LogP contribution in [0.3, 0.4) is 0 Å². The summed E-state index contributed by atoms with van der Waals surface area (Å²) in [6.45, 7) is 5.22. The number of likely N-dealkylation sites (N-methyl/N-ethyl adjacent to an activating group) is 1. The van der Waals surface area contributed by atoms with Gasteiger partial charge in [-0.2, -0.15) is 4.98 Å². The van der Waals surface area contributed by atoms with Crippen molar-refractivity contribution in [3.05, 3.63) is 70.1 Å². The van der Waals surface area contributed by atoms with Crippen LogP contribution in [0.5, 0.6) is 0 Å². The van der Waals surface area contributed by atoms with E-state index in [-0.39, 0.29) is 5.95 Å². The molecule has 1 aromatic carbocycles. The maximum absolute atomic E-state index is 11.8. The summed E-state index contributed by atoms with van der Waals surface area (Å²) >= 11 is 5.89. The van der Waals surface area contributed by atoms with Crippen LogP contribution in [0.15, 0.2) is 48.3 Å². The second-order valence-electron chi connectivity index (χ2n) is 9.13. The van der Waals surface area contributed by atoms with E-state index in [1.807, 2.05) is 12.1 Å². The molecule has 180 valence electrons. The summed E-state index contributed by atoms with van der Waals surface area (Å²) in [6.07, 6.45) is 3.03. The monoisotopic (exact) mass is 489 g/mol. The van der Waals surface area contributed by atoms with Crippen LogP contribution in [0, 0.1) is 0 Å². The number of nitrogen functional groups attached to an aromatic ring is 1. The van der Waals surface area contributed by atoms with Gasteiger partial charge in [0.2, 0.25) is 5.95 Å². The molecule has 0 radical (unpaired) electrons. The Morgan fingerprint density at radius 2 is 1.89 bits per heavy atom. The van der Waals surface area contributed by atoms with Gasteiger partial charge >= 0.3 is 0 Å². The standard InChI is InChI=1S/C26H28ClN7O/c1-32-8-10-33(11-9-32)25-14-23(30-26(28)31-25)20-4-3-19-6-7-34(16-21(19)13-20)22(17-35)12-18-2-5-24(27)29-15-18/h2-5,13-15H,6-12,16H2,1H3,(H2,28,30,31). The molecule has 9 heteroatoms. The Balaban J connectivity index is 1.37. The average molecular weight is 490 g/mol. The van der Waals surface area contributed by atoms with Crippen molar-refractivity contribution in [2.24, 2.45) is 0 Å². The van der Waals surface area contributed by atoms with Crippen LogP contribution in [-0.2, 0) is 24.2 Å². The van der Waals surface area contributed by atoms with Gasteiger partial charge in [0.1, 0.15) is 22.6 Å². The number of nitrogens with two attached hydrogens (primary N) is 1. The molecule has 0 aliphatic carbocycles. The van der Waals surface area contributed by atoms with Gasteiger partial charge in [0.05, 0.1) is 5.69 Å². The predicted molar refractivity (Wildman–Crippen MR) is 138 cm³/mol. The van der Waals surface area contributed by atoms with Crippen LogP contribution in [0.2, 0.25) is 5.15 Å². The first kappa shape index (κ1) is 23.3. The quantitative estimate of drug-likeness (QED) is 0.432. The molecule has 35 heavy (non-hydrogen) atoms. The number of piperazine rings is 1. The molecule has 0 atom stereocenters. The number of benzene rings is 1. The van der Waals surface area contributed by atoms with Crippen molar-refractivity contribution in [3.8, 4) is 11.3 Å². The molecular formula is C26H28ClN7O. The summed E-state index contributed by atoms with van der Waals surface area (Å²) in [7, 11) is 2.13. The van der Waals surface area contributed by atoms with Crippen molar-refractivity contribution in [2.45, 2.75) is 19.4 Å². The van der Waals surface area contributed by atoms with Crippen molar-refractivity contribution in [1.29, 1.82) is 0 Å². The van der Waals surface area contributed by atoms with E-state index in [4.69, 9.17) is 17.3 Å². The molecule has 0 spiro atoms. The van der Waals surface area contributed by atoms with E-state index in [1.54, 1.807) is 12.3 Å². The van der Waals surface area contributed by atoms with Crippen LogP contribution in [0.4, 0.5) is 11.8 Å². The van der Waals surface area contributed by atoms with Crippen molar-refractivity contribution in [1.82, 2.24) is 24.8 Å². The third-order valence-electron chi connectivity index (χ3n) is 6.73. The summed E-state index contributed by atoms with van der Waals surface area (Å²) in [5.41, 5.74) is 11.9. The number of hydrogen-bond acceptors (Lipinski definition) is 8. The minimum absolute atomic E-state index is 0.276. The fraction of sp³-hybridized carbons (Fsp3) is 0.346. The van der Waals surface area contributed by atoms with Gasteiger partial charge < -0.3 is 20.4 Å². The molecule has 2 N–H and O–H groups in total. The van der Waals surface area contributed by atoms with Crippen LogP contribution in [0.25, 0.3) is 11.3 Å². The van der Waals surface area contributed by atoms with Crippen LogP contribution < -0.4 is 10.6 Å². The van der Waals surface area contributed by atoms with Gasteiger partial charge in [-0.05, 0) is 42.3 Å². The molecule has 2 aromatic heterocycles. The number of rotatable bonds is 5. The summed E-state index contributed by atoms with van der Waals surface area (Å²) < 4.78 is 0. The molecular weight excluding hydrogens is 462 g/mol. The third kappa shape index (κ3) is 5.30. The molecule has 0 bridgehead atoms. The first-order valence-electron chi connectivity index (χ1n) is 11.8. The van der Waals surface area contributed by atoms with Gasteiger partial charge in [-0.3, -0.25) is 0 Å². The fourth-order valence-corrected chi connectivity index (χ4v) is 4.77.